The van der Waals surface area contributed by atoms with E-state index in [0.717, 1.165) is 33.5 Å². The second kappa shape index (κ2) is 4.01. The van der Waals surface area contributed by atoms with Crippen LogP contribution in [0.25, 0.3) is 0 Å². The van der Waals surface area contributed by atoms with Crippen molar-refractivity contribution < 1.29 is 0 Å². The van der Waals surface area contributed by atoms with Gasteiger partial charge in [0.15, 0.2) is 0 Å². The van der Waals surface area contributed by atoms with Crippen LogP contribution in [0.3, 0.4) is 0 Å². The lowest BCUT2D eigenvalue weighted by atomic mass is 9.33. The quantitative estimate of drug-likeness (QED) is 0.549. The van der Waals surface area contributed by atoms with Gasteiger partial charge in [-0.2, -0.15) is 0 Å². The van der Waals surface area contributed by atoms with Crippen LogP contribution in [0.2, 0.25) is 0 Å². The number of hydrogen-bond acceptors (Lipinski definition) is 0. The average molecular weight is 264 g/mol. The van der Waals surface area contributed by atoms with Crippen molar-refractivity contribution in [2.45, 2.75) is 87.5 Å². The molecule has 0 nitrogen and oxygen atoms in total. The first-order valence-corrected chi connectivity index (χ1v) is 8.13. The molecule has 6 aliphatic rings. The van der Waals surface area contributed by atoms with Crippen LogP contribution in [0.5, 0.6) is 0 Å². The van der Waals surface area contributed by atoms with E-state index in [-0.39, 0.29) is 7.43 Å². The molecule has 0 N–H and O–H groups in total. The molecule has 6 rings (SSSR count). The molecule has 0 saturated heterocycles. The van der Waals surface area contributed by atoms with Gasteiger partial charge in [-0.1, -0.05) is 49.0 Å². The fraction of sp³-hybridized carbons (Fsp3) is 1.00. The van der Waals surface area contributed by atoms with Crippen molar-refractivity contribution in [2.24, 2.45) is 33.5 Å². The Kier molecular flexibility index (Phi) is 3.25. The van der Waals surface area contributed by atoms with Gasteiger partial charge < -0.3 is 0 Å². The normalized spacial score (nSPS) is 51.8. The van der Waals surface area contributed by atoms with E-state index >= 15 is 0 Å². The zero-order chi connectivity index (χ0) is 13.4. The summed E-state index contributed by atoms with van der Waals surface area (Å²) in [6.07, 6.45) is 9.15. The van der Waals surface area contributed by atoms with Gasteiger partial charge in [-0.15, -0.1) is 0 Å². The van der Waals surface area contributed by atoms with Crippen molar-refractivity contribution in [3.8, 4) is 0 Å². The van der Waals surface area contributed by atoms with Crippen LogP contribution >= 0.6 is 0 Å². The van der Waals surface area contributed by atoms with Crippen LogP contribution in [-0.2, 0) is 0 Å². The zero-order valence-electron chi connectivity index (χ0n) is 13.4. The van der Waals surface area contributed by atoms with Crippen molar-refractivity contribution in [1.82, 2.24) is 0 Å². The molecular formula is C19H36. The molecule has 6 fully saturated rings. The lowest BCUT2D eigenvalue weighted by Crippen LogP contribution is -2.62. The molecule has 19 heavy (non-hydrogen) atoms. The molecule has 6 aliphatic carbocycles. The van der Waals surface area contributed by atoms with Gasteiger partial charge in [0.05, 0.1) is 0 Å². The van der Waals surface area contributed by atoms with E-state index in [4.69, 9.17) is 0 Å². The third kappa shape index (κ3) is 2.00. The van der Waals surface area contributed by atoms with Gasteiger partial charge in [-0.3, -0.25) is 0 Å². The van der Waals surface area contributed by atoms with Crippen molar-refractivity contribution in [2.75, 3.05) is 0 Å². The Labute approximate surface area is 121 Å². The van der Waals surface area contributed by atoms with Gasteiger partial charge in [0.2, 0.25) is 0 Å². The summed E-state index contributed by atoms with van der Waals surface area (Å²) in [5.41, 5.74) is 3.28. The Morgan fingerprint density at radius 3 is 0.842 bits per heavy atom. The van der Waals surface area contributed by atoms with Crippen LogP contribution < -0.4 is 0 Å². The predicted octanol–water partition coefficient (Wildman–Crippen LogP) is 6.30. The topological polar surface area (TPSA) is 0 Å². The maximum absolute atomic E-state index is 2.43. The average Bonchev–Trinajstić information content (AvgIpc) is 2.04. The van der Waals surface area contributed by atoms with E-state index in [2.05, 4.69) is 41.5 Å². The molecule has 0 aromatic heterocycles. The fourth-order valence-corrected chi connectivity index (χ4v) is 6.01. The molecule has 0 amide bonds. The van der Waals surface area contributed by atoms with Gasteiger partial charge in [0, 0.05) is 0 Å². The summed E-state index contributed by atoms with van der Waals surface area (Å²) in [6, 6.07) is 0. The van der Waals surface area contributed by atoms with Crippen molar-refractivity contribution in [3.63, 3.8) is 0 Å². The van der Waals surface area contributed by atoms with E-state index in [1.165, 1.54) is 38.5 Å². The van der Waals surface area contributed by atoms with Crippen LogP contribution in [0, 0.1) is 33.5 Å². The van der Waals surface area contributed by atoms with E-state index < -0.39 is 0 Å². The molecule has 0 heterocycles. The second-order valence-electron chi connectivity index (χ2n) is 9.72. The zero-order valence-corrected chi connectivity index (χ0v) is 13.4. The Hall–Kier alpha value is 0. The largest absolute Gasteiger partial charge is 0.0776 e. The number of rotatable bonds is 2. The third-order valence-electron chi connectivity index (χ3n) is 7.12. The van der Waals surface area contributed by atoms with Crippen molar-refractivity contribution in [1.29, 1.82) is 0 Å². The van der Waals surface area contributed by atoms with Crippen molar-refractivity contribution >= 4 is 0 Å². The van der Waals surface area contributed by atoms with Crippen LogP contribution in [-0.4, -0.2) is 0 Å². The molecule has 0 aromatic rings. The molecule has 112 valence electrons. The standard InChI is InChI=1S/2C9H16.CH4/c2*1-7(2)9-4-8(3,5-9)6-9;/h2*7H,4-6H2,1-3H3;1H4. The summed E-state index contributed by atoms with van der Waals surface area (Å²) in [7, 11) is 0. The summed E-state index contributed by atoms with van der Waals surface area (Å²) < 4.78 is 0. The van der Waals surface area contributed by atoms with Crippen molar-refractivity contribution in [3.05, 3.63) is 0 Å². The first kappa shape index (κ1) is 15.4. The Morgan fingerprint density at radius 2 is 0.789 bits per heavy atom. The van der Waals surface area contributed by atoms with E-state index in [0.29, 0.717) is 0 Å². The highest BCUT2D eigenvalue weighted by molar-refractivity contribution is 5.16. The number of hydrogen-bond donors (Lipinski definition) is 0. The summed E-state index contributed by atoms with van der Waals surface area (Å²) in [4.78, 5) is 0. The van der Waals surface area contributed by atoms with Crippen LogP contribution in [0.1, 0.15) is 87.5 Å². The lowest BCUT2D eigenvalue weighted by molar-refractivity contribution is -0.217. The smallest absolute Gasteiger partial charge is 0.0259 e. The first-order chi connectivity index (χ1) is 8.13. The molecule has 0 aromatic carbocycles. The third-order valence-corrected chi connectivity index (χ3v) is 7.12. The van der Waals surface area contributed by atoms with Gasteiger partial charge in [0.25, 0.3) is 0 Å². The minimum Gasteiger partial charge on any atom is -0.0776 e. The molecule has 6 saturated carbocycles. The minimum absolute atomic E-state index is 0. The SMILES string of the molecule is C.CC(C)C12CC(C)(C1)C2.CC(C)C12CC(C)(C1)C2. The summed E-state index contributed by atoms with van der Waals surface area (Å²) >= 11 is 0. The molecule has 0 aliphatic heterocycles. The highest BCUT2D eigenvalue weighted by Crippen LogP contribution is 2.76. The van der Waals surface area contributed by atoms with Crippen LogP contribution in [0.4, 0.5) is 0 Å². The van der Waals surface area contributed by atoms with Gasteiger partial charge >= 0.3 is 0 Å². The summed E-state index contributed by atoms with van der Waals surface area (Å²) in [6.45, 7) is 14.4. The minimum atomic E-state index is 0. The van der Waals surface area contributed by atoms with E-state index in [1.54, 1.807) is 0 Å². The highest BCUT2D eigenvalue weighted by Gasteiger charge is 2.66. The monoisotopic (exact) mass is 264 g/mol. The maximum Gasteiger partial charge on any atom is -0.0259 e. The molecule has 0 radical (unpaired) electrons. The second-order valence-corrected chi connectivity index (χ2v) is 9.72. The summed E-state index contributed by atoms with van der Waals surface area (Å²) in [5.74, 6) is 1.89. The van der Waals surface area contributed by atoms with Gasteiger partial charge in [-0.25, -0.2) is 0 Å². The first-order valence-electron chi connectivity index (χ1n) is 8.13. The van der Waals surface area contributed by atoms with E-state index in [1.807, 2.05) is 0 Å². The molecule has 0 spiro atoms. The Balaban J connectivity index is 0.000000133. The predicted molar refractivity (Wildman–Crippen MR) is 85.2 cm³/mol. The maximum atomic E-state index is 2.43. The lowest BCUT2D eigenvalue weighted by Gasteiger charge is -2.72. The summed E-state index contributed by atoms with van der Waals surface area (Å²) in [5, 5.41) is 0. The Bertz CT molecular complexity index is 285. The molecule has 0 heteroatoms. The van der Waals surface area contributed by atoms with Gasteiger partial charge in [0.1, 0.15) is 0 Å². The molecular weight excluding hydrogens is 228 g/mol. The Morgan fingerprint density at radius 1 is 0.579 bits per heavy atom. The highest BCUT2D eigenvalue weighted by atomic mass is 14.7. The fourth-order valence-electron chi connectivity index (χ4n) is 6.01. The molecule has 0 atom stereocenters. The molecule has 0 unspecified atom stereocenters. The van der Waals surface area contributed by atoms with E-state index in [9.17, 15) is 0 Å². The van der Waals surface area contributed by atoms with Crippen LogP contribution in [0.15, 0.2) is 0 Å². The van der Waals surface area contributed by atoms with Gasteiger partial charge in [-0.05, 0) is 72.0 Å². The molecule has 4 bridgehead atoms.